The van der Waals surface area contributed by atoms with Crippen LogP contribution < -0.4 is 16.2 Å². The second kappa shape index (κ2) is 7.24. The average molecular weight is 320 g/mol. The summed E-state index contributed by atoms with van der Waals surface area (Å²) in [5, 5.41) is 4.29. The van der Waals surface area contributed by atoms with E-state index in [1.54, 1.807) is 0 Å². The van der Waals surface area contributed by atoms with Crippen LogP contribution in [0.2, 0.25) is 0 Å². The van der Waals surface area contributed by atoms with Crippen molar-refractivity contribution in [1.82, 2.24) is 21.1 Å². The highest BCUT2D eigenvalue weighted by molar-refractivity contribution is 7.80. The van der Waals surface area contributed by atoms with Crippen LogP contribution in [0.25, 0.3) is 11.0 Å². The second-order valence-corrected chi connectivity index (χ2v) is 5.60. The summed E-state index contributed by atoms with van der Waals surface area (Å²) in [7, 11) is 3.95. The summed E-state index contributed by atoms with van der Waals surface area (Å²) in [4.78, 5) is 14.2. The van der Waals surface area contributed by atoms with Crippen LogP contribution in [0.4, 0.5) is 0 Å². The quantitative estimate of drug-likeness (QED) is 0.585. The number of furan rings is 1. The molecule has 0 radical (unpaired) electrons. The van der Waals surface area contributed by atoms with E-state index < -0.39 is 0 Å². The third-order valence-corrected chi connectivity index (χ3v) is 3.43. The molecule has 1 aromatic carbocycles. The fraction of sp³-hybridized carbons (Fsp3) is 0.333. The molecule has 0 aliphatic heterocycles. The van der Waals surface area contributed by atoms with Crippen molar-refractivity contribution in [2.24, 2.45) is 0 Å². The molecular weight excluding hydrogens is 300 g/mol. The number of fused-ring (bicyclic) bond motifs is 1. The summed E-state index contributed by atoms with van der Waals surface area (Å²) < 4.78 is 5.58. The highest BCUT2D eigenvalue weighted by Gasteiger charge is 2.17. The van der Waals surface area contributed by atoms with Crippen LogP contribution in [0.1, 0.15) is 16.1 Å². The van der Waals surface area contributed by atoms with Crippen molar-refractivity contribution in [3.63, 3.8) is 0 Å². The summed E-state index contributed by atoms with van der Waals surface area (Å²) in [5.41, 5.74) is 6.71. The standard InChI is InChI=1S/C15H20N4O2S/c1-10-11-6-4-5-7-12(11)21-13(10)14(20)17-18-15(22)16-8-9-19(2)3/h4-7H,8-9H2,1-3H3,(H,17,20)(H2,16,18,22). The Morgan fingerprint density at radius 3 is 2.68 bits per heavy atom. The van der Waals surface area contributed by atoms with Gasteiger partial charge in [0, 0.05) is 24.0 Å². The molecule has 0 saturated carbocycles. The summed E-state index contributed by atoms with van der Waals surface area (Å²) in [6.45, 7) is 3.39. The lowest BCUT2D eigenvalue weighted by Crippen LogP contribution is -2.48. The minimum atomic E-state index is -0.356. The van der Waals surface area contributed by atoms with Gasteiger partial charge in [0.25, 0.3) is 0 Å². The molecule has 118 valence electrons. The summed E-state index contributed by atoms with van der Waals surface area (Å²) in [5.74, 6) is -0.0738. The highest BCUT2D eigenvalue weighted by Crippen LogP contribution is 2.24. The first kappa shape index (κ1) is 16.3. The Bertz CT molecular complexity index is 681. The number of thiocarbonyl (C=S) groups is 1. The lowest BCUT2D eigenvalue weighted by Gasteiger charge is -2.13. The lowest BCUT2D eigenvalue weighted by molar-refractivity contribution is 0.0917. The molecule has 3 N–H and O–H groups in total. The number of likely N-dealkylation sites (N-methyl/N-ethyl adjacent to an activating group) is 1. The number of carbonyl (C=O) groups excluding carboxylic acids is 1. The number of nitrogens with zero attached hydrogens (tertiary/aromatic N) is 1. The summed E-state index contributed by atoms with van der Waals surface area (Å²) in [6, 6.07) is 7.54. The van der Waals surface area contributed by atoms with E-state index in [-0.39, 0.29) is 11.7 Å². The van der Waals surface area contributed by atoms with Crippen LogP contribution in [-0.2, 0) is 0 Å². The van der Waals surface area contributed by atoms with E-state index in [1.807, 2.05) is 50.2 Å². The molecule has 0 saturated heterocycles. The SMILES string of the molecule is Cc1c(C(=O)NNC(=S)NCCN(C)C)oc2ccccc12. The van der Waals surface area contributed by atoms with Crippen LogP contribution >= 0.6 is 12.2 Å². The number of rotatable bonds is 4. The maximum Gasteiger partial charge on any atom is 0.305 e. The summed E-state index contributed by atoms with van der Waals surface area (Å²) >= 11 is 5.09. The third-order valence-electron chi connectivity index (χ3n) is 3.18. The van der Waals surface area contributed by atoms with E-state index in [9.17, 15) is 4.79 Å². The largest absolute Gasteiger partial charge is 0.451 e. The zero-order valence-corrected chi connectivity index (χ0v) is 13.7. The second-order valence-electron chi connectivity index (χ2n) is 5.19. The average Bonchev–Trinajstić information content (AvgIpc) is 2.82. The maximum atomic E-state index is 12.2. The fourth-order valence-electron chi connectivity index (χ4n) is 2.00. The van der Waals surface area contributed by atoms with Crippen LogP contribution in [0.5, 0.6) is 0 Å². The van der Waals surface area contributed by atoms with Gasteiger partial charge in [0.1, 0.15) is 5.58 Å². The van der Waals surface area contributed by atoms with E-state index in [0.29, 0.717) is 17.2 Å². The summed E-state index contributed by atoms with van der Waals surface area (Å²) in [6.07, 6.45) is 0. The molecule has 0 aliphatic carbocycles. The fourth-order valence-corrected chi connectivity index (χ4v) is 2.15. The van der Waals surface area contributed by atoms with Gasteiger partial charge in [-0.05, 0) is 39.3 Å². The van der Waals surface area contributed by atoms with Gasteiger partial charge in [-0.25, -0.2) is 0 Å². The van der Waals surface area contributed by atoms with Crippen molar-refractivity contribution >= 4 is 34.2 Å². The molecule has 0 fully saturated rings. The van der Waals surface area contributed by atoms with Crippen molar-refractivity contribution in [3.8, 4) is 0 Å². The third kappa shape index (κ3) is 3.96. The lowest BCUT2D eigenvalue weighted by atomic mass is 10.1. The van der Waals surface area contributed by atoms with Crippen LogP contribution in [0.3, 0.4) is 0 Å². The Balaban J connectivity index is 1.91. The van der Waals surface area contributed by atoms with Gasteiger partial charge in [-0.3, -0.25) is 15.6 Å². The van der Waals surface area contributed by atoms with E-state index in [4.69, 9.17) is 16.6 Å². The number of carbonyl (C=O) groups is 1. The Morgan fingerprint density at radius 1 is 1.27 bits per heavy atom. The number of hydrogen-bond acceptors (Lipinski definition) is 4. The Kier molecular flexibility index (Phi) is 5.35. The van der Waals surface area contributed by atoms with Gasteiger partial charge in [-0.15, -0.1) is 0 Å². The first-order valence-corrected chi connectivity index (χ1v) is 7.37. The number of benzene rings is 1. The number of aryl methyl sites for hydroxylation is 1. The predicted molar refractivity (Wildman–Crippen MR) is 90.7 cm³/mol. The van der Waals surface area contributed by atoms with Crippen LogP contribution in [-0.4, -0.2) is 43.1 Å². The molecule has 0 atom stereocenters. The number of amides is 1. The van der Waals surface area contributed by atoms with Crippen molar-refractivity contribution in [2.75, 3.05) is 27.2 Å². The van der Waals surface area contributed by atoms with Crippen molar-refractivity contribution < 1.29 is 9.21 Å². The van der Waals surface area contributed by atoms with Gasteiger partial charge in [0.15, 0.2) is 10.9 Å². The van der Waals surface area contributed by atoms with E-state index in [1.165, 1.54) is 0 Å². The maximum absolute atomic E-state index is 12.2. The van der Waals surface area contributed by atoms with Crippen molar-refractivity contribution in [2.45, 2.75) is 6.92 Å². The molecule has 22 heavy (non-hydrogen) atoms. The number of hydrazine groups is 1. The van der Waals surface area contributed by atoms with Gasteiger partial charge in [0.2, 0.25) is 0 Å². The Labute approximate surface area is 134 Å². The molecule has 1 heterocycles. The Morgan fingerprint density at radius 2 is 2.00 bits per heavy atom. The minimum absolute atomic E-state index is 0.282. The number of para-hydroxylation sites is 1. The first-order valence-electron chi connectivity index (χ1n) is 6.96. The minimum Gasteiger partial charge on any atom is -0.451 e. The molecule has 0 spiro atoms. The predicted octanol–water partition coefficient (Wildman–Crippen LogP) is 1.41. The molecule has 2 aromatic rings. The molecule has 2 rings (SSSR count). The van der Waals surface area contributed by atoms with E-state index in [2.05, 4.69) is 16.2 Å². The molecular formula is C15H20N4O2S. The molecule has 1 amide bonds. The molecule has 0 unspecified atom stereocenters. The van der Waals surface area contributed by atoms with Gasteiger partial charge in [0.05, 0.1) is 0 Å². The monoisotopic (exact) mass is 320 g/mol. The van der Waals surface area contributed by atoms with E-state index in [0.717, 1.165) is 17.5 Å². The molecule has 6 nitrogen and oxygen atoms in total. The molecule has 0 aliphatic rings. The van der Waals surface area contributed by atoms with Crippen molar-refractivity contribution in [3.05, 3.63) is 35.6 Å². The van der Waals surface area contributed by atoms with Gasteiger partial charge in [-0.1, -0.05) is 18.2 Å². The zero-order valence-electron chi connectivity index (χ0n) is 12.9. The smallest absolute Gasteiger partial charge is 0.305 e. The molecule has 7 heteroatoms. The van der Waals surface area contributed by atoms with Gasteiger partial charge < -0.3 is 14.6 Å². The number of hydrogen-bond donors (Lipinski definition) is 3. The van der Waals surface area contributed by atoms with Crippen molar-refractivity contribution in [1.29, 1.82) is 0 Å². The zero-order chi connectivity index (χ0) is 16.1. The highest BCUT2D eigenvalue weighted by atomic mass is 32.1. The van der Waals surface area contributed by atoms with Crippen LogP contribution in [0.15, 0.2) is 28.7 Å². The molecule has 1 aromatic heterocycles. The van der Waals surface area contributed by atoms with Gasteiger partial charge >= 0.3 is 5.91 Å². The topological polar surface area (TPSA) is 69.5 Å². The van der Waals surface area contributed by atoms with Gasteiger partial charge in [-0.2, -0.15) is 0 Å². The molecule has 0 bridgehead atoms. The van der Waals surface area contributed by atoms with E-state index >= 15 is 0 Å². The Hall–Kier alpha value is -2.12. The first-order chi connectivity index (χ1) is 10.5. The van der Waals surface area contributed by atoms with Crippen LogP contribution in [0, 0.1) is 6.92 Å². The number of nitrogens with one attached hydrogen (secondary N) is 3. The normalized spacial score (nSPS) is 10.7.